The maximum atomic E-state index is 12.3. The number of ether oxygens (including phenoxy) is 1. The second-order valence-corrected chi connectivity index (χ2v) is 7.47. The Morgan fingerprint density at radius 3 is 2.71 bits per heavy atom. The molecule has 5 N–H and O–H groups in total. The van der Waals surface area contributed by atoms with Gasteiger partial charge >= 0.3 is 0 Å². The van der Waals surface area contributed by atoms with Crippen molar-refractivity contribution in [2.45, 2.75) is 31.1 Å². The molecule has 5 rings (SSSR count). The van der Waals surface area contributed by atoms with Gasteiger partial charge in [-0.15, -0.1) is 0 Å². The molecule has 1 fully saturated rings. The van der Waals surface area contributed by atoms with Crippen molar-refractivity contribution in [3.8, 4) is 0 Å². The van der Waals surface area contributed by atoms with E-state index in [1.807, 2.05) is 42.5 Å². The van der Waals surface area contributed by atoms with E-state index in [-0.39, 0.29) is 17.1 Å². The lowest BCUT2D eigenvalue weighted by Gasteiger charge is -2.19. The van der Waals surface area contributed by atoms with Crippen LogP contribution >= 0.6 is 0 Å². The van der Waals surface area contributed by atoms with Crippen molar-refractivity contribution in [1.82, 2.24) is 19.5 Å². The van der Waals surface area contributed by atoms with Crippen LogP contribution in [-0.2, 0) is 11.3 Å². The number of nitrogens with zero attached hydrogens (tertiary/aromatic N) is 3. The zero-order chi connectivity index (χ0) is 21.5. The highest BCUT2D eigenvalue weighted by Crippen LogP contribution is 2.33. The maximum Gasteiger partial charge on any atom is 0.278 e. The molecular weight excluding hydrogens is 402 g/mol. The summed E-state index contributed by atoms with van der Waals surface area (Å²) in [6.45, 7) is -0.0733. The van der Waals surface area contributed by atoms with Gasteiger partial charge in [-0.3, -0.25) is 9.36 Å². The first-order chi connectivity index (χ1) is 15.1. The van der Waals surface area contributed by atoms with Crippen LogP contribution in [0.3, 0.4) is 0 Å². The number of aliphatic hydroxyl groups is 3. The topological polar surface area (TPSA) is 146 Å². The molecule has 4 aromatic rings. The van der Waals surface area contributed by atoms with Crippen LogP contribution in [-0.4, -0.2) is 59.8 Å². The lowest BCUT2D eigenvalue weighted by molar-refractivity contribution is -0.0501. The van der Waals surface area contributed by atoms with Crippen molar-refractivity contribution < 1.29 is 20.1 Å². The van der Waals surface area contributed by atoms with Gasteiger partial charge in [-0.1, -0.05) is 36.4 Å². The number of hydrogen-bond donors (Lipinski definition) is 5. The molecule has 0 bridgehead atoms. The molecule has 0 spiro atoms. The number of fused-ring (bicyclic) bond motifs is 2. The lowest BCUT2D eigenvalue weighted by atomic mass is 10.1. The zero-order valence-corrected chi connectivity index (χ0v) is 16.3. The molecule has 0 aliphatic carbocycles. The second-order valence-electron chi connectivity index (χ2n) is 7.47. The highest BCUT2D eigenvalue weighted by molar-refractivity contribution is 5.83. The Hall–Kier alpha value is -3.31. The minimum atomic E-state index is -1.34. The van der Waals surface area contributed by atoms with E-state index in [9.17, 15) is 20.1 Å². The summed E-state index contributed by atoms with van der Waals surface area (Å²) >= 11 is 0. The Bertz CT molecular complexity index is 1300. The molecule has 2 aromatic carbocycles. The van der Waals surface area contributed by atoms with Crippen LogP contribution in [0.2, 0.25) is 0 Å². The molecule has 0 radical (unpaired) electrons. The normalized spacial score (nSPS) is 23.6. The first-order valence-electron chi connectivity index (χ1n) is 9.86. The molecule has 1 aliphatic rings. The molecule has 0 saturated carbocycles. The van der Waals surface area contributed by atoms with Crippen LogP contribution in [0.1, 0.15) is 11.8 Å². The molecule has 10 heteroatoms. The fourth-order valence-electron chi connectivity index (χ4n) is 3.91. The van der Waals surface area contributed by atoms with Crippen LogP contribution in [0.15, 0.2) is 53.6 Å². The Labute approximate surface area is 175 Å². The summed E-state index contributed by atoms with van der Waals surface area (Å²) < 4.78 is 7.10. The third-order valence-electron chi connectivity index (χ3n) is 5.52. The maximum absolute atomic E-state index is 12.3. The summed E-state index contributed by atoms with van der Waals surface area (Å²) in [7, 11) is 0. The molecule has 3 heterocycles. The van der Waals surface area contributed by atoms with Crippen LogP contribution in [0.25, 0.3) is 21.9 Å². The average Bonchev–Trinajstić information content (AvgIpc) is 3.30. The molecule has 10 nitrogen and oxygen atoms in total. The predicted octanol–water partition coefficient (Wildman–Crippen LogP) is 0.496. The first-order valence-corrected chi connectivity index (χ1v) is 9.86. The number of H-pyrrole nitrogens is 1. The van der Waals surface area contributed by atoms with E-state index in [2.05, 4.69) is 20.3 Å². The number of imidazole rings is 1. The number of rotatable bonds is 5. The van der Waals surface area contributed by atoms with Crippen LogP contribution in [0, 0.1) is 0 Å². The number of aromatic amines is 1. The molecule has 160 valence electrons. The van der Waals surface area contributed by atoms with Crippen molar-refractivity contribution in [3.05, 3.63) is 64.7 Å². The number of benzene rings is 2. The van der Waals surface area contributed by atoms with E-state index >= 15 is 0 Å². The number of aliphatic hydroxyl groups excluding tert-OH is 3. The quantitative estimate of drug-likeness (QED) is 0.312. The largest absolute Gasteiger partial charge is 0.394 e. The van der Waals surface area contributed by atoms with Crippen molar-refractivity contribution in [2.75, 3.05) is 11.9 Å². The molecule has 0 amide bonds. The molecule has 2 aromatic heterocycles. The number of anilines is 1. The van der Waals surface area contributed by atoms with Crippen molar-refractivity contribution in [1.29, 1.82) is 0 Å². The van der Waals surface area contributed by atoms with Crippen molar-refractivity contribution >= 4 is 27.9 Å². The van der Waals surface area contributed by atoms with E-state index in [1.54, 1.807) is 0 Å². The van der Waals surface area contributed by atoms with Gasteiger partial charge in [0.2, 0.25) is 5.95 Å². The van der Waals surface area contributed by atoms with E-state index in [4.69, 9.17) is 4.74 Å². The van der Waals surface area contributed by atoms with Crippen LogP contribution in [0.5, 0.6) is 0 Å². The smallest absolute Gasteiger partial charge is 0.278 e. The molecule has 0 unspecified atom stereocenters. The SMILES string of the molecule is O=c1[nH]cnc2c1nc(NCc1ccc3ccccc3c1)n2[C@@H]1O[C@H](CO)[C@@H](O)[C@H]1O. The minimum Gasteiger partial charge on any atom is -0.394 e. The predicted molar refractivity (Wildman–Crippen MR) is 112 cm³/mol. The monoisotopic (exact) mass is 423 g/mol. The summed E-state index contributed by atoms with van der Waals surface area (Å²) in [6, 6.07) is 14.1. The summed E-state index contributed by atoms with van der Waals surface area (Å²) in [5, 5.41) is 35.5. The van der Waals surface area contributed by atoms with Gasteiger partial charge < -0.3 is 30.4 Å². The summed E-state index contributed by atoms with van der Waals surface area (Å²) in [5.74, 6) is 0.252. The van der Waals surface area contributed by atoms with Crippen molar-refractivity contribution in [2.24, 2.45) is 0 Å². The second kappa shape index (κ2) is 7.75. The Morgan fingerprint density at radius 2 is 1.94 bits per heavy atom. The van der Waals surface area contributed by atoms with Gasteiger partial charge in [-0.2, -0.15) is 0 Å². The molecule has 1 saturated heterocycles. The zero-order valence-electron chi connectivity index (χ0n) is 16.3. The van der Waals surface area contributed by atoms with E-state index in [0.29, 0.717) is 6.54 Å². The Balaban J connectivity index is 1.52. The van der Waals surface area contributed by atoms with Gasteiger partial charge in [0, 0.05) is 6.54 Å². The van der Waals surface area contributed by atoms with Gasteiger partial charge in [0.15, 0.2) is 17.4 Å². The van der Waals surface area contributed by atoms with Crippen LogP contribution in [0.4, 0.5) is 5.95 Å². The van der Waals surface area contributed by atoms with Gasteiger partial charge in [0.1, 0.15) is 18.3 Å². The minimum absolute atomic E-state index is 0.0706. The average molecular weight is 423 g/mol. The highest BCUT2D eigenvalue weighted by atomic mass is 16.6. The Kier molecular flexibility index (Phi) is 4.91. The summed E-state index contributed by atoms with van der Waals surface area (Å²) in [6.07, 6.45) is -3.44. The third-order valence-corrected chi connectivity index (χ3v) is 5.52. The first kappa shape index (κ1) is 19.6. The fraction of sp³-hybridized carbons (Fsp3) is 0.286. The number of hydrogen-bond acceptors (Lipinski definition) is 8. The lowest BCUT2D eigenvalue weighted by Crippen LogP contribution is -2.33. The highest BCUT2D eigenvalue weighted by Gasteiger charge is 2.45. The number of aromatic nitrogens is 4. The Morgan fingerprint density at radius 1 is 1.13 bits per heavy atom. The van der Waals surface area contributed by atoms with Gasteiger partial charge in [0.05, 0.1) is 12.9 Å². The molecular formula is C21H21N5O5. The van der Waals surface area contributed by atoms with Gasteiger partial charge in [-0.05, 0) is 22.4 Å². The standard InChI is InChI=1S/C21H21N5O5/c27-9-14-16(28)17(29)20(31-14)26-18-15(19(30)24-10-23-18)25-21(26)22-8-11-5-6-12-3-1-2-4-13(12)7-11/h1-7,10,14,16-17,20,27-29H,8-9H2,(H,22,25)(H,23,24,30)/t14-,16-,17-,20-/m1/s1. The van der Waals surface area contributed by atoms with E-state index in [0.717, 1.165) is 16.3 Å². The third kappa shape index (κ3) is 3.35. The number of nitrogens with one attached hydrogen (secondary N) is 2. The molecule has 1 aliphatic heterocycles. The van der Waals surface area contributed by atoms with Gasteiger partial charge in [-0.25, -0.2) is 9.97 Å². The molecule has 4 atom stereocenters. The van der Waals surface area contributed by atoms with E-state index in [1.165, 1.54) is 10.9 Å². The van der Waals surface area contributed by atoms with Crippen molar-refractivity contribution in [3.63, 3.8) is 0 Å². The summed E-state index contributed by atoms with van der Waals surface area (Å²) in [4.78, 5) is 23.3. The summed E-state index contributed by atoms with van der Waals surface area (Å²) in [5.41, 5.74) is 0.811. The van der Waals surface area contributed by atoms with E-state index < -0.39 is 36.7 Å². The molecule has 31 heavy (non-hydrogen) atoms. The van der Waals surface area contributed by atoms with Crippen LogP contribution < -0.4 is 10.9 Å². The fourth-order valence-corrected chi connectivity index (χ4v) is 3.91. The van der Waals surface area contributed by atoms with Gasteiger partial charge in [0.25, 0.3) is 5.56 Å².